The highest BCUT2D eigenvalue weighted by Crippen LogP contribution is 1.85. The molecule has 0 aliphatic heterocycles. The van der Waals surface area contributed by atoms with Gasteiger partial charge in [0.15, 0.2) is 0 Å². The highest BCUT2D eigenvalue weighted by atomic mass is 19.1. The second-order valence-electron chi connectivity index (χ2n) is 2.63. The van der Waals surface area contributed by atoms with E-state index < -0.39 is 23.0 Å². The average Bonchev–Trinajstić information content (AvgIpc) is 2.13. The summed E-state index contributed by atoms with van der Waals surface area (Å²) >= 11 is 0. The van der Waals surface area contributed by atoms with Gasteiger partial charge < -0.3 is 5.11 Å². The summed E-state index contributed by atoms with van der Waals surface area (Å²) in [5, 5.41) is 8.25. The molecule has 0 bridgehead atoms. The lowest BCUT2D eigenvalue weighted by molar-refractivity contribution is -0.131. The third-order valence-corrected chi connectivity index (χ3v) is 1.53. The molecule has 1 aromatic rings. The lowest BCUT2D eigenvalue weighted by Crippen LogP contribution is -2.31. The molecule has 1 aromatic heterocycles. The molecule has 0 saturated heterocycles. The van der Waals surface area contributed by atoms with E-state index in [1.807, 2.05) is 0 Å². The van der Waals surface area contributed by atoms with Gasteiger partial charge in [-0.05, 0) is 0 Å². The van der Waals surface area contributed by atoms with Gasteiger partial charge in [0.2, 0.25) is 5.82 Å². The summed E-state index contributed by atoms with van der Waals surface area (Å²) < 4.78 is 13.5. The molecule has 1 heterocycles. The van der Waals surface area contributed by atoms with Crippen LogP contribution >= 0.6 is 0 Å². The summed E-state index contributed by atoms with van der Waals surface area (Å²) in [4.78, 5) is 33.5. The third-order valence-electron chi connectivity index (χ3n) is 1.53. The number of H-pyrrole nitrogens is 1. The number of carbonyl (C=O) groups is 1. The maximum absolute atomic E-state index is 12.7. The molecule has 0 aliphatic rings. The maximum atomic E-state index is 12.7. The molecule has 80 valence electrons. The van der Waals surface area contributed by atoms with E-state index in [0.717, 1.165) is 16.7 Å². The Morgan fingerprint density at radius 2 is 2.27 bits per heavy atom. The van der Waals surface area contributed by atoms with Crippen molar-refractivity contribution in [3.8, 4) is 0 Å². The van der Waals surface area contributed by atoms with Crippen LogP contribution in [0.5, 0.6) is 0 Å². The van der Waals surface area contributed by atoms with Gasteiger partial charge in [-0.25, -0.2) is 9.59 Å². The molecule has 7 heteroatoms. The number of halogens is 1. The second-order valence-corrected chi connectivity index (χ2v) is 2.63. The second kappa shape index (κ2) is 4.36. The van der Waals surface area contributed by atoms with Crippen molar-refractivity contribution in [2.24, 2.45) is 0 Å². The highest BCUT2D eigenvalue weighted by Gasteiger charge is 2.01. The zero-order valence-electron chi connectivity index (χ0n) is 7.44. The van der Waals surface area contributed by atoms with Crippen LogP contribution < -0.4 is 11.2 Å². The Morgan fingerprint density at radius 1 is 1.60 bits per heavy atom. The van der Waals surface area contributed by atoms with Gasteiger partial charge in [0.05, 0.1) is 6.20 Å². The summed E-state index contributed by atoms with van der Waals surface area (Å²) in [6, 6.07) is 0. The van der Waals surface area contributed by atoms with Crippen molar-refractivity contribution in [1.82, 2.24) is 9.55 Å². The Kier molecular flexibility index (Phi) is 3.17. The molecule has 0 unspecified atom stereocenters. The molecule has 0 spiro atoms. The monoisotopic (exact) mass is 214 g/mol. The zero-order valence-corrected chi connectivity index (χ0v) is 7.44. The molecule has 6 nitrogen and oxygen atoms in total. The van der Waals surface area contributed by atoms with Crippen LogP contribution in [0.25, 0.3) is 0 Å². The zero-order chi connectivity index (χ0) is 11.4. The van der Waals surface area contributed by atoms with Gasteiger partial charge in [-0.1, -0.05) is 6.08 Å². The molecule has 0 aliphatic carbocycles. The van der Waals surface area contributed by atoms with E-state index in [4.69, 9.17) is 5.11 Å². The van der Waals surface area contributed by atoms with E-state index in [0.29, 0.717) is 6.20 Å². The molecule has 0 saturated carbocycles. The number of nitrogens with one attached hydrogen (secondary N) is 1. The van der Waals surface area contributed by atoms with Crippen molar-refractivity contribution >= 4 is 5.97 Å². The summed E-state index contributed by atoms with van der Waals surface area (Å²) in [5.74, 6) is -2.27. The Bertz CT molecular complexity index is 514. The van der Waals surface area contributed by atoms with Gasteiger partial charge in [-0.3, -0.25) is 14.3 Å². The van der Waals surface area contributed by atoms with Crippen molar-refractivity contribution < 1.29 is 14.3 Å². The minimum Gasteiger partial charge on any atom is -0.478 e. The molecular weight excluding hydrogens is 207 g/mol. The number of allylic oxidation sites excluding steroid dienone is 1. The number of carboxylic acid groups (broad SMARTS) is 1. The number of aromatic nitrogens is 2. The average molecular weight is 214 g/mol. The standard InChI is InChI=1S/C8H7FN2O4/c9-5-4-11(3-1-2-6(12)13)8(15)10-7(5)14/h1-2,4H,3H2,(H,12,13)(H,10,14,15)/b2-1+. The van der Waals surface area contributed by atoms with Crippen molar-refractivity contribution in [3.63, 3.8) is 0 Å². The van der Waals surface area contributed by atoms with E-state index in [-0.39, 0.29) is 6.54 Å². The van der Waals surface area contributed by atoms with Crippen LogP contribution in [0.2, 0.25) is 0 Å². The Labute approximate surface area is 82.3 Å². The Balaban J connectivity index is 2.97. The summed E-state index contributed by atoms with van der Waals surface area (Å²) in [6.45, 7) is -0.126. The van der Waals surface area contributed by atoms with Gasteiger partial charge in [0, 0.05) is 12.6 Å². The lowest BCUT2D eigenvalue weighted by Gasteiger charge is -1.99. The number of aromatic amines is 1. The minimum atomic E-state index is -1.17. The van der Waals surface area contributed by atoms with E-state index in [1.54, 1.807) is 4.98 Å². The summed E-state index contributed by atoms with van der Waals surface area (Å²) in [7, 11) is 0. The molecule has 1 rings (SSSR count). The molecule has 0 fully saturated rings. The first-order chi connectivity index (χ1) is 7.00. The predicted octanol–water partition coefficient (Wildman–Crippen LogP) is -0.683. The van der Waals surface area contributed by atoms with E-state index in [1.165, 1.54) is 0 Å². The summed E-state index contributed by atoms with van der Waals surface area (Å²) in [6.07, 6.45) is 2.68. The Morgan fingerprint density at radius 3 is 2.87 bits per heavy atom. The minimum absolute atomic E-state index is 0.126. The quantitative estimate of drug-likeness (QED) is 0.652. The molecule has 0 atom stereocenters. The fourth-order valence-corrected chi connectivity index (χ4v) is 0.885. The van der Waals surface area contributed by atoms with Crippen LogP contribution in [-0.2, 0) is 11.3 Å². The van der Waals surface area contributed by atoms with Crippen LogP contribution in [0.4, 0.5) is 4.39 Å². The normalized spacial score (nSPS) is 10.7. The van der Waals surface area contributed by atoms with Crippen molar-refractivity contribution in [1.29, 1.82) is 0 Å². The van der Waals surface area contributed by atoms with Crippen molar-refractivity contribution in [2.75, 3.05) is 0 Å². The topological polar surface area (TPSA) is 92.2 Å². The van der Waals surface area contributed by atoms with Gasteiger partial charge in [0.25, 0.3) is 5.56 Å². The SMILES string of the molecule is O=C(O)/C=C/Cn1cc(F)c(=O)[nH]c1=O. The first-order valence-electron chi connectivity index (χ1n) is 3.89. The fraction of sp³-hybridized carbons (Fsp3) is 0.125. The van der Waals surface area contributed by atoms with Gasteiger partial charge in [0.1, 0.15) is 0 Å². The molecular formula is C8H7FN2O4. The molecule has 0 amide bonds. The van der Waals surface area contributed by atoms with E-state index in [9.17, 15) is 18.8 Å². The number of rotatable bonds is 3. The smallest absolute Gasteiger partial charge is 0.328 e. The largest absolute Gasteiger partial charge is 0.478 e. The van der Waals surface area contributed by atoms with Crippen LogP contribution in [0, 0.1) is 5.82 Å². The van der Waals surface area contributed by atoms with Crippen LogP contribution in [0.3, 0.4) is 0 Å². The van der Waals surface area contributed by atoms with Crippen molar-refractivity contribution in [3.05, 3.63) is 45.0 Å². The fourth-order valence-electron chi connectivity index (χ4n) is 0.885. The van der Waals surface area contributed by atoms with E-state index in [2.05, 4.69) is 0 Å². The van der Waals surface area contributed by atoms with Crippen LogP contribution in [0.1, 0.15) is 0 Å². The van der Waals surface area contributed by atoms with Gasteiger partial charge in [-0.15, -0.1) is 0 Å². The van der Waals surface area contributed by atoms with Gasteiger partial charge in [-0.2, -0.15) is 4.39 Å². The number of nitrogens with zero attached hydrogens (tertiary/aromatic N) is 1. The number of hydrogen-bond acceptors (Lipinski definition) is 3. The first kappa shape index (κ1) is 10.9. The van der Waals surface area contributed by atoms with Crippen LogP contribution in [-0.4, -0.2) is 20.6 Å². The Hall–Kier alpha value is -2.18. The van der Waals surface area contributed by atoms with Crippen LogP contribution in [0.15, 0.2) is 27.9 Å². The molecule has 2 N–H and O–H groups in total. The number of hydrogen-bond donors (Lipinski definition) is 2. The highest BCUT2D eigenvalue weighted by molar-refractivity contribution is 5.79. The predicted molar refractivity (Wildman–Crippen MR) is 48.1 cm³/mol. The molecule has 0 radical (unpaired) electrons. The maximum Gasteiger partial charge on any atom is 0.328 e. The third kappa shape index (κ3) is 2.90. The summed E-state index contributed by atoms with van der Waals surface area (Å²) in [5.41, 5.74) is -1.89. The lowest BCUT2D eigenvalue weighted by atomic mass is 10.5. The van der Waals surface area contributed by atoms with Gasteiger partial charge >= 0.3 is 11.7 Å². The number of aliphatic carboxylic acids is 1. The molecule has 0 aromatic carbocycles. The van der Waals surface area contributed by atoms with E-state index >= 15 is 0 Å². The molecule has 15 heavy (non-hydrogen) atoms. The number of carboxylic acids is 1. The van der Waals surface area contributed by atoms with Crippen molar-refractivity contribution in [2.45, 2.75) is 6.54 Å². The first-order valence-corrected chi connectivity index (χ1v) is 3.89.